The van der Waals surface area contributed by atoms with Gasteiger partial charge in [0.05, 0.1) is 0 Å². The summed E-state index contributed by atoms with van der Waals surface area (Å²) in [6.07, 6.45) is 2.66. The van der Waals surface area contributed by atoms with Crippen molar-refractivity contribution in [2.75, 3.05) is 0 Å². The fraction of sp³-hybridized carbons (Fsp3) is 0. The Balaban J connectivity index is 2.78. The number of carbonyl (C=O) groups is 1. The van der Waals surface area contributed by atoms with Gasteiger partial charge in [0.1, 0.15) is 5.69 Å². The number of pyridine rings is 1. The van der Waals surface area contributed by atoms with Gasteiger partial charge in [-0.3, -0.25) is 9.78 Å². The van der Waals surface area contributed by atoms with Crippen LogP contribution in [0.3, 0.4) is 0 Å². The zero-order chi connectivity index (χ0) is 10.6. The molecule has 0 saturated heterocycles. The zero-order valence-electron chi connectivity index (χ0n) is 7.03. The van der Waals surface area contributed by atoms with E-state index in [0.717, 1.165) is 6.08 Å². The van der Waals surface area contributed by atoms with E-state index in [4.69, 9.17) is 0 Å². The SMILES string of the molecule is O=Cc1ccc(/C=C/[B-](F)(F)F)cn1. The van der Waals surface area contributed by atoms with Crippen molar-refractivity contribution in [2.45, 2.75) is 0 Å². The normalized spacial score (nSPS) is 11.9. The van der Waals surface area contributed by atoms with Gasteiger partial charge >= 0.3 is 6.98 Å². The molecular weight excluding hydrogens is 194 g/mol. The maximum Gasteiger partial charge on any atom is 0.502 e. The molecule has 0 radical (unpaired) electrons. The fourth-order valence-corrected chi connectivity index (χ4v) is 0.805. The molecule has 0 saturated carbocycles. The molecule has 0 spiro atoms. The van der Waals surface area contributed by atoms with Crippen LogP contribution in [0, 0.1) is 0 Å². The van der Waals surface area contributed by atoms with Crippen LogP contribution in [0.5, 0.6) is 0 Å². The summed E-state index contributed by atoms with van der Waals surface area (Å²) in [5.74, 6) is 0.178. The van der Waals surface area contributed by atoms with E-state index in [-0.39, 0.29) is 11.7 Å². The predicted molar refractivity (Wildman–Crippen MR) is 47.7 cm³/mol. The number of aromatic nitrogens is 1. The minimum absolute atomic E-state index is 0.178. The van der Waals surface area contributed by atoms with Crippen LogP contribution < -0.4 is 0 Å². The highest BCUT2D eigenvalue weighted by atomic mass is 19.4. The Hall–Kier alpha value is -1.59. The van der Waals surface area contributed by atoms with Gasteiger partial charge in [0.15, 0.2) is 6.29 Å². The van der Waals surface area contributed by atoms with Gasteiger partial charge in [-0.2, -0.15) is 0 Å². The highest BCUT2D eigenvalue weighted by Gasteiger charge is 2.16. The summed E-state index contributed by atoms with van der Waals surface area (Å²) in [5.41, 5.74) is 0.509. The summed E-state index contributed by atoms with van der Waals surface area (Å²) < 4.78 is 35.4. The molecule has 1 rings (SSSR count). The Morgan fingerprint density at radius 2 is 2.00 bits per heavy atom. The first-order chi connectivity index (χ1) is 6.51. The van der Waals surface area contributed by atoms with Crippen LogP contribution in [0.1, 0.15) is 16.1 Å². The molecule has 0 aliphatic carbocycles. The molecule has 0 N–H and O–H groups in total. The van der Waals surface area contributed by atoms with Crippen LogP contribution in [0.25, 0.3) is 6.08 Å². The number of aldehydes is 1. The first kappa shape index (κ1) is 10.5. The maximum atomic E-state index is 11.8. The second-order valence-corrected chi connectivity index (χ2v) is 2.62. The zero-order valence-corrected chi connectivity index (χ0v) is 7.03. The molecule has 2 nitrogen and oxygen atoms in total. The molecule has 0 amide bonds. The van der Waals surface area contributed by atoms with Gasteiger partial charge in [-0.25, -0.2) is 0 Å². The fourth-order valence-electron chi connectivity index (χ4n) is 0.805. The van der Waals surface area contributed by atoms with Crippen molar-refractivity contribution >= 4 is 19.3 Å². The molecule has 6 heteroatoms. The molecule has 1 aromatic heterocycles. The Morgan fingerprint density at radius 3 is 2.43 bits per heavy atom. The molecular formula is C8H6BF3NO-. The maximum absolute atomic E-state index is 11.8. The largest absolute Gasteiger partial charge is 0.502 e. The molecule has 0 unspecified atom stereocenters. The first-order valence-electron chi connectivity index (χ1n) is 3.82. The summed E-state index contributed by atoms with van der Waals surface area (Å²) in [7, 11) is 0. The minimum Gasteiger partial charge on any atom is -0.445 e. The second kappa shape index (κ2) is 4.08. The molecule has 0 aliphatic heterocycles. The summed E-state index contributed by atoms with van der Waals surface area (Å²) in [5, 5.41) is 0. The van der Waals surface area contributed by atoms with E-state index in [1.165, 1.54) is 18.3 Å². The van der Waals surface area contributed by atoms with Crippen LogP contribution in [0.2, 0.25) is 0 Å². The monoisotopic (exact) mass is 200 g/mol. The van der Waals surface area contributed by atoms with E-state index >= 15 is 0 Å². The van der Waals surface area contributed by atoms with E-state index in [2.05, 4.69) is 4.98 Å². The standard InChI is InChI=1S/C8H6BF3NO/c10-9(11,12)4-3-7-1-2-8(6-14)13-5-7/h1-6H/q-1/b4-3+. The number of rotatable bonds is 3. The Kier molecular flexibility index (Phi) is 3.06. The third kappa shape index (κ3) is 3.43. The number of nitrogens with zero attached hydrogens (tertiary/aromatic N) is 1. The van der Waals surface area contributed by atoms with E-state index in [1.54, 1.807) is 0 Å². The lowest BCUT2D eigenvalue weighted by Crippen LogP contribution is -2.09. The smallest absolute Gasteiger partial charge is 0.445 e. The number of carbonyl (C=O) groups excluding carboxylic acids is 1. The topological polar surface area (TPSA) is 30.0 Å². The van der Waals surface area contributed by atoms with Crippen LogP contribution in [-0.4, -0.2) is 18.2 Å². The van der Waals surface area contributed by atoms with E-state index in [9.17, 15) is 17.7 Å². The van der Waals surface area contributed by atoms with Crippen LogP contribution >= 0.6 is 0 Å². The highest BCUT2D eigenvalue weighted by Crippen LogP contribution is 2.12. The van der Waals surface area contributed by atoms with Crippen molar-refractivity contribution in [1.29, 1.82) is 0 Å². The van der Waals surface area contributed by atoms with Gasteiger partial charge < -0.3 is 12.9 Å². The van der Waals surface area contributed by atoms with Crippen LogP contribution in [0.4, 0.5) is 12.9 Å². The highest BCUT2D eigenvalue weighted by molar-refractivity contribution is 6.64. The van der Waals surface area contributed by atoms with Crippen molar-refractivity contribution in [3.8, 4) is 0 Å². The second-order valence-electron chi connectivity index (χ2n) is 2.62. The van der Waals surface area contributed by atoms with Crippen molar-refractivity contribution in [3.05, 3.63) is 35.6 Å². The Bertz CT molecular complexity index is 345. The molecule has 0 fully saturated rings. The van der Waals surface area contributed by atoms with Gasteiger partial charge in [0.25, 0.3) is 0 Å². The van der Waals surface area contributed by atoms with Crippen LogP contribution in [0.15, 0.2) is 24.3 Å². The van der Waals surface area contributed by atoms with E-state index in [1.807, 2.05) is 0 Å². The van der Waals surface area contributed by atoms with Crippen molar-refractivity contribution in [2.24, 2.45) is 0 Å². The van der Waals surface area contributed by atoms with Gasteiger partial charge in [-0.15, -0.1) is 5.98 Å². The molecule has 1 aromatic rings. The van der Waals surface area contributed by atoms with Gasteiger partial charge in [-0.1, -0.05) is 12.1 Å². The summed E-state index contributed by atoms with van der Waals surface area (Å²) in [6.45, 7) is -4.92. The summed E-state index contributed by atoms with van der Waals surface area (Å²) in [4.78, 5) is 13.8. The van der Waals surface area contributed by atoms with Gasteiger partial charge in [0.2, 0.25) is 0 Å². The molecule has 0 bridgehead atoms. The van der Waals surface area contributed by atoms with E-state index < -0.39 is 6.98 Å². The third-order valence-electron chi connectivity index (χ3n) is 1.44. The van der Waals surface area contributed by atoms with Gasteiger partial charge in [0, 0.05) is 6.20 Å². The summed E-state index contributed by atoms with van der Waals surface area (Å²) >= 11 is 0. The lowest BCUT2D eigenvalue weighted by atomic mass is 9.91. The summed E-state index contributed by atoms with van der Waals surface area (Å²) in [6, 6.07) is 2.76. The first-order valence-corrected chi connectivity index (χ1v) is 3.82. The van der Waals surface area contributed by atoms with Crippen molar-refractivity contribution < 1.29 is 17.7 Å². The number of hydrogen-bond acceptors (Lipinski definition) is 2. The molecule has 74 valence electrons. The van der Waals surface area contributed by atoms with Crippen molar-refractivity contribution in [3.63, 3.8) is 0 Å². The molecule has 1 heterocycles. The third-order valence-corrected chi connectivity index (χ3v) is 1.44. The quantitative estimate of drug-likeness (QED) is 0.553. The Labute approximate surface area is 78.5 Å². The van der Waals surface area contributed by atoms with Crippen LogP contribution in [-0.2, 0) is 0 Å². The molecule has 0 aromatic carbocycles. The lowest BCUT2D eigenvalue weighted by Gasteiger charge is -2.05. The number of hydrogen-bond donors (Lipinski definition) is 0. The van der Waals surface area contributed by atoms with E-state index in [0.29, 0.717) is 11.8 Å². The van der Waals surface area contributed by atoms with Gasteiger partial charge in [-0.05, 0) is 11.6 Å². The minimum atomic E-state index is -4.92. The average molecular weight is 200 g/mol. The number of halogens is 3. The average Bonchev–Trinajstić information content (AvgIpc) is 2.14. The van der Waals surface area contributed by atoms with Crippen molar-refractivity contribution in [1.82, 2.24) is 4.98 Å². The molecule has 14 heavy (non-hydrogen) atoms. The molecule has 0 atom stereocenters. The lowest BCUT2D eigenvalue weighted by molar-refractivity contribution is 0.111. The molecule has 0 aliphatic rings. The predicted octanol–water partition coefficient (Wildman–Crippen LogP) is 2.29. The Morgan fingerprint density at radius 1 is 1.29 bits per heavy atom.